The van der Waals surface area contributed by atoms with Crippen molar-refractivity contribution >= 4 is 0 Å². The molecule has 1 aromatic heterocycles. The molecule has 1 aromatic rings. The van der Waals surface area contributed by atoms with E-state index < -0.39 is 0 Å². The molecule has 16 heavy (non-hydrogen) atoms. The van der Waals surface area contributed by atoms with Crippen molar-refractivity contribution in [3.8, 4) is 0 Å². The van der Waals surface area contributed by atoms with E-state index in [1.807, 2.05) is 12.1 Å². The molecule has 0 bridgehead atoms. The molecule has 0 aliphatic rings. The molecule has 0 unspecified atom stereocenters. The van der Waals surface area contributed by atoms with E-state index in [4.69, 9.17) is 0 Å². The summed E-state index contributed by atoms with van der Waals surface area (Å²) in [4.78, 5) is 14.6. The first-order valence-electron chi connectivity index (χ1n) is 6.08. The number of nitrogens with one attached hydrogen (secondary N) is 2. The quantitative estimate of drug-likeness (QED) is 0.726. The number of unbranched alkanes of at least 4 members (excludes halogenated alkanes) is 1. The predicted octanol–water partition coefficient (Wildman–Crippen LogP) is 2.39. The second-order valence-corrected chi connectivity index (χ2v) is 4.45. The zero-order valence-corrected chi connectivity index (χ0v) is 10.5. The van der Waals surface area contributed by atoms with E-state index in [9.17, 15) is 4.79 Å². The van der Waals surface area contributed by atoms with Gasteiger partial charge in [0.2, 0.25) is 0 Å². The Morgan fingerprint density at radius 1 is 1.38 bits per heavy atom. The minimum absolute atomic E-state index is 0.0372. The van der Waals surface area contributed by atoms with Crippen molar-refractivity contribution in [2.75, 3.05) is 6.54 Å². The van der Waals surface area contributed by atoms with Crippen LogP contribution in [0.1, 0.15) is 50.8 Å². The second-order valence-electron chi connectivity index (χ2n) is 4.45. The summed E-state index contributed by atoms with van der Waals surface area (Å²) in [6, 6.07) is 3.93. The third-order valence-corrected chi connectivity index (χ3v) is 2.66. The summed E-state index contributed by atoms with van der Waals surface area (Å²) in [5.74, 6) is 0.370. The SMILES string of the molecule is CCCCNCc1ccc(C(C)C)[nH]c1=O. The Kier molecular flexibility index (Phi) is 5.26. The highest BCUT2D eigenvalue weighted by Gasteiger charge is 2.03. The number of H-pyrrole nitrogens is 1. The van der Waals surface area contributed by atoms with Crippen LogP contribution >= 0.6 is 0 Å². The number of hydrogen-bond donors (Lipinski definition) is 2. The van der Waals surface area contributed by atoms with Gasteiger partial charge in [-0.3, -0.25) is 4.79 Å². The van der Waals surface area contributed by atoms with Crippen LogP contribution in [0.5, 0.6) is 0 Å². The molecule has 0 radical (unpaired) electrons. The molecule has 0 spiro atoms. The van der Waals surface area contributed by atoms with Crippen molar-refractivity contribution in [2.45, 2.75) is 46.1 Å². The van der Waals surface area contributed by atoms with Crippen LogP contribution in [-0.2, 0) is 6.54 Å². The van der Waals surface area contributed by atoms with Crippen LogP contribution < -0.4 is 10.9 Å². The van der Waals surface area contributed by atoms with Gasteiger partial charge in [0.25, 0.3) is 5.56 Å². The van der Waals surface area contributed by atoms with Gasteiger partial charge in [-0.05, 0) is 24.9 Å². The topological polar surface area (TPSA) is 44.9 Å². The molecular formula is C13H22N2O. The predicted molar refractivity (Wildman–Crippen MR) is 67.8 cm³/mol. The van der Waals surface area contributed by atoms with Crippen LogP contribution in [0.15, 0.2) is 16.9 Å². The van der Waals surface area contributed by atoms with E-state index in [-0.39, 0.29) is 5.56 Å². The zero-order valence-electron chi connectivity index (χ0n) is 10.5. The Hall–Kier alpha value is -1.09. The number of hydrogen-bond acceptors (Lipinski definition) is 2. The molecular weight excluding hydrogens is 200 g/mol. The standard InChI is InChI=1S/C13H22N2O/c1-4-5-8-14-9-11-6-7-12(10(2)3)15-13(11)16/h6-7,10,14H,4-5,8-9H2,1-3H3,(H,15,16). The Morgan fingerprint density at radius 3 is 2.69 bits per heavy atom. The maximum atomic E-state index is 11.7. The van der Waals surface area contributed by atoms with Gasteiger partial charge in [-0.1, -0.05) is 33.3 Å². The summed E-state index contributed by atoms with van der Waals surface area (Å²) in [7, 11) is 0. The van der Waals surface area contributed by atoms with Gasteiger partial charge in [0.05, 0.1) is 0 Å². The molecule has 0 aromatic carbocycles. The maximum Gasteiger partial charge on any atom is 0.252 e. The second kappa shape index (κ2) is 6.48. The Morgan fingerprint density at radius 2 is 2.12 bits per heavy atom. The summed E-state index contributed by atoms with van der Waals surface area (Å²) >= 11 is 0. The smallest absolute Gasteiger partial charge is 0.252 e. The first-order chi connectivity index (χ1) is 7.65. The van der Waals surface area contributed by atoms with Crippen LogP contribution in [0, 0.1) is 0 Å². The lowest BCUT2D eigenvalue weighted by atomic mass is 10.1. The maximum absolute atomic E-state index is 11.7. The molecule has 0 aliphatic heterocycles. The van der Waals surface area contributed by atoms with E-state index in [1.54, 1.807) is 0 Å². The lowest BCUT2D eigenvalue weighted by Gasteiger charge is -2.07. The molecule has 0 saturated carbocycles. The van der Waals surface area contributed by atoms with E-state index in [1.165, 1.54) is 6.42 Å². The van der Waals surface area contributed by atoms with E-state index in [2.05, 4.69) is 31.1 Å². The van der Waals surface area contributed by atoms with E-state index in [0.717, 1.165) is 24.2 Å². The molecule has 1 heterocycles. The first-order valence-corrected chi connectivity index (χ1v) is 6.08. The third-order valence-electron chi connectivity index (χ3n) is 2.66. The van der Waals surface area contributed by atoms with Crippen molar-refractivity contribution in [2.24, 2.45) is 0 Å². The molecule has 0 amide bonds. The summed E-state index contributed by atoms with van der Waals surface area (Å²) in [6.45, 7) is 7.94. The highest BCUT2D eigenvalue weighted by molar-refractivity contribution is 5.16. The highest BCUT2D eigenvalue weighted by Crippen LogP contribution is 2.08. The molecule has 0 atom stereocenters. The molecule has 0 fully saturated rings. The van der Waals surface area contributed by atoms with Crippen LogP contribution in [0.3, 0.4) is 0 Å². The summed E-state index contributed by atoms with van der Waals surface area (Å²) in [5, 5.41) is 3.27. The Balaban J connectivity index is 2.58. The van der Waals surface area contributed by atoms with Gasteiger partial charge in [-0.2, -0.15) is 0 Å². The monoisotopic (exact) mass is 222 g/mol. The molecule has 1 rings (SSSR count). The van der Waals surface area contributed by atoms with Gasteiger partial charge in [-0.15, -0.1) is 0 Å². The first kappa shape index (κ1) is 13.0. The molecule has 90 valence electrons. The molecule has 0 saturated heterocycles. The fraction of sp³-hybridized carbons (Fsp3) is 0.615. The summed E-state index contributed by atoms with van der Waals surface area (Å²) in [5.41, 5.74) is 1.86. The molecule has 0 aliphatic carbocycles. The minimum atomic E-state index is 0.0372. The largest absolute Gasteiger partial charge is 0.326 e. The lowest BCUT2D eigenvalue weighted by molar-refractivity contribution is 0.637. The lowest BCUT2D eigenvalue weighted by Crippen LogP contribution is -2.22. The average molecular weight is 222 g/mol. The highest BCUT2D eigenvalue weighted by atomic mass is 16.1. The molecule has 2 N–H and O–H groups in total. The van der Waals surface area contributed by atoms with Crippen molar-refractivity contribution in [3.63, 3.8) is 0 Å². The number of rotatable bonds is 6. The van der Waals surface area contributed by atoms with Crippen LogP contribution in [0.2, 0.25) is 0 Å². The van der Waals surface area contributed by atoms with Gasteiger partial charge in [0, 0.05) is 17.8 Å². The summed E-state index contributed by atoms with van der Waals surface area (Å²) < 4.78 is 0. The van der Waals surface area contributed by atoms with Gasteiger partial charge in [0.1, 0.15) is 0 Å². The van der Waals surface area contributed by atoms with Crippen molar-refractivity contribution in [1.29, 1.82) is 0 Å². The van der Waals surface area contributed by atoms with Gasteiger partial charge in [-0.25, -0.2) is 0 Å². The fourth-order valence-corrected chi connectivity index (χ4v) is 1.52. The Bertz CT molecular complexity index is 368. The van der Waals surface area contributed by atoms with Crippen molar-refractivity contribution < 1.29 is 0 Å². The number of aromatic nitrogens is 1. The van der Waals surface area contributed by atoms with Gasteiger partial charge < -0.3 is 10.3 Å². The van der Waals surface area contributed by atoms with Gasteiger partial charge >= 0.3 is 0 Å². The van der Waals surface area contributed by atoms with E-state index >= 15 is 0 Å². The molecule has 3 heteroatoms. The summed E-state index contributed by atoms with van der Waals surface area (Å²) in [6.07, 6.45) is 2.33. The van der Waals surface area contributed by atoms with Crippen LogP contribution in [0.4, 0.5) is 0 Å². The minimum Gasteiger partial charge on any atom is -0.326 e. The number of pyridine rings is 1. The third kappa shape index (κ3) is 3.81. The normalized spacial score (nSPS) is 11.0. The fourth-order valence-electron chi connectivity index (χ4n) is 1.52. The van der Waals surface area contributed by atoms with Crippen LogP contribution in [-0.4, -0.2) is 11.5 Å². The van der Waals surface area contributed by atoms with Gasteiger partial charge in [0.15, 0.2) is 0 Å². The number of aromatic amines is 1. The van der Waals surface area contributed by atoms with E-state index in [0.29, 0.717) is 12.5 Å². The zero-order chi connectivity index (χ0) is 12.0. The average Bonchev–Trinajstić information content (AvgIpc) is 2.26. The van der Waals surface area contributed by atoms with Crippen molar-refractivity contribution in [3.05, 3.63) is 33.7 Å². The van der Waals surface area contributed by atoms with Crippen LogP contribution in [0.25, 0.3) is 0 Å². The molecule has 3 nitrogen and oxygen atoms in total. The Labute approximate surface area is 97.3 Å². The van der Waals surface area contributed by atoms with Crippen molar-refractivity contribution in [1.82, 2.24) is 10.3 Å².